The van der Waals surface area contributed by atoms with Gasteiger partial charge in [0.1, 0.15) is 0 Å². The van der Waals surface area contributed by atoms with Crippen LogP contribution in [0.1, 0.15) is 32.4 Å². The molecule has 0 aliphatic carbocycles. The van der Waals surface area contributed by atoms with E-state index in [-0.39, 0.29) is 11.3 Å². The summed E-state index contributed by atoms with van der Waals surface area (Å²) in [5.74, 6) is 0.690. The molecule has 2 unspecified atom stereocenters. The molecule has 0 aliphatic rings. The van der Waals surface area contributed by atoms with Gasteiger partial charge in [0.05, 0.1) is 0 Å². The van der Waals surface area contributed by atoms with E-state index in [2.05, 4.69) is 24.4 Å². The second-order valence-corrected chi connectivity index (χ2v) is 6.15. The van der Waals surface area contributed by atoms with E-state index in [0.717, 1.165) is 6.54 Å². The van der Waals surface area contributed by atoms with Crippen LogP contribution in [0.2, 0.25) is 0 Å². The second-order valence-electron chi connectivity index (χ2n) is 4.12. The average Bonchev–Trinajstić information content (AvgIpc) is 2.29. The highest BCUT2D eigenvalue weighted by atomic mass is 32.2. The van der Waals surface area contributed by atoms with Crippen LogP contribution < -0.4 is 5.32 Å². The molecule has 1 N–H and O–H groups in total. The van der Waals surface area contributed by atoms with Crippen LogP contribution in [-0.2, 0) is 10.8 Å². The van der Waals surface area contributed by atoms with E-state index in [1.54, 1.807) is 0 Å². The van der Waals surface area contributed by atoms with Crippen LogP contribution >= 0.6 is 0 Å². The third kappa shape index (κ3) is 4.06. The number of benzene rings is 1. The Morgan fingerprint density at radius 1 is 1.25 bits per heavy atom. The molecule has 1 aromatic carbocycles. The molecule has 2 atom stereocenters. The van der Waals surface area contributed by atoms with Gasteiger partial charge in [-0.25, -0.2) is 0 Å². The highest BCUT2D eigenvalue weighted by molar-refractivity contribution is 7.85. The topological polar surface area (TPSA) is 29.1 Å². The molecule has 0 aromatic heterocycles. The van der Waals surface area contributed by atoms with Crippen LogP contribution in [0.4, 0.5) is 0 Å². The summed E-state index contributed by atoms with van der Waals surface area (Å²) < 4.78 is 11.9. The summed E-state index contributed by atoms with van der Waals surface area (Å²) in [6.45, 7) is 6.98. The van der Waals surface area contributed by atoms with Gasteiger partial charge in [0.2, 0.25) is 0 Å². The third-order valence-electron chi connectivity index (χ3n) is 2.51. The standard InChI is InChI=1S/C13H21NOS/c1-4-14-13(10-16(15)11(2)3)12-8-6-5-7-9-12/h5-9,11,13-14H,4,10H2,1-3H3. The summed E-state index contributed by atoms with van der Waals surface area (Å²) in [5, 5.41) is 3.62. The molecule has 90 valence electrons. The lowest BCUT2D eigenvalue weighted by molar-refractivity contribution is 0.592. The highest BCUT2D eigenvalue weighted by Crippen LogP contribution is 2.15. The van der Waals surface area contributed by atoms with Gasteiger partial charge in [-0.3, -0.25) is 4.21 Å². The lowest BCUT2D eigenvalue weighted by Gasteiger charge is -2.19. The second kappa shape index (κ2) is 6.81. The molecule has 0 bridgehead atoms. The largest absolute Gasteiger partial charge is 0.309 e. The molecule has 0 aliphatic heterocycles. The number of hydrogen-bond acceptors (Lipinski definition) is 2. The fraction of sp³-hybridized carbons (Fsp3) is 0.538. The van der Waals surface area contributed by atoms with Gasteiger partial charge >= 0.3 is 0 Å². The van der Waals surface area contributed by atoms with Gasteiger partial charge in [0.25, 0.3) is 0 Å². The Bertz CT molecular complexity index is 324. The summed E-state index contributed by atoms with van der Waals surface area (Å²) in [7, 11) is -0.766. The van der Waals surface area contributed by atoms with Crippen molar-refractivity contribution in [3.8, 4) is 0 Å². The quantitative estimate of drug-likeness (QED) is 0.826. The van der Waals surface area contributed by atoms with Gasteiger partial charge in [-0.1, -0.05) is 51.1 Å². The summed E-state index contributed by atoms with van der Waals surface area (Å²) in [5.41, 5.74) is 1.22. The first-order valence-electron chi connectivity index (χ1n) is 5.80. The molecule has 1 rings (SSSR count). The van der Waals surface area contributed by atoms with E-state index >= 15 is 0 Å². The van der Waals surface area contributed by atoms with E-state index in [4.69, 9.17) is 0 Å². The number of hydrogen-bond donors (Lipinski definition) is 1. The molecule has 3 heteroatoms. The Kier molecular flexibility index (Phi) is 5.71. The van der Waals surface area contributed by atoms with Crippen LogP contribution in [-0.4, -0.2) is 21.8 Å². The van der Waals surface area contributed by atoms with E-state index in [1.165, 1.54) is 5.56 Å². The van der Waals surface area contributed by atoms with Gasteiger partial charge in [-0.2, -0.15) is 0 Å². The lowest BCUT2D eigenvalue weighted by atomic mass is 10.1. The minimum atomic E-state index is -0.766. The predicted molar refractivity (Wildman–Crippen MR) is 71.0 cm³/mol. The predicted octanol–water partition coefficient (Wildman–Crippen LogP) is 2.49. The van der Waals surface area contributed by atoms with Crippen molar-refractivity contribution in [2.45, 2.75) is 32.1 Å². The molecule has 0 amide bonds. The Morgan fingerprint density at radius 2 is 1.88 bits per heavy atom. The van der Waals surface area contributed by atoms with Gasteiger partial charge in [-0.05, 0) is 12.1 Å². The fourth-order valence-electron chi connectivity index (χ4n) is 1.56. The number of rotatable bonds is 6. The van der Waals surface area contributed by atoms with Gasteiger partial charge in [-0.15, -0.1) is 0 Å². The van der Waals surface area contributed by atoms with Crippen LogP contribution in [0.5, 0.6) is 0 Å². The van der Waals surface area contributed by atoms with Crippen molar-refractivity contribution >= 4 is 10.8 Å². The van der Waals surface area contributed by atoms with Gasteiger partial charge in [0.15, 0.2) is 0 Å². The van der Waals surface area contributed by atoms with Crippen LogP contribution in [0, 0.1) is 0 Å². The third-order valence-corrected chi connectivity index (χ3v) is 4.22. The molecule has 1 aromatic rings. The minimum absolute atomic E-state index is 0.203. The molecule has 0 spiro atoms. The minimum Gasteiger partial charge on any atom is -0.309 e. The van der Waals surface area contributed by atoms with E-state index in [1.807, 2.05) is 32.0 Å². The molecule has 16 heavy (non-hydrogen) atoms. The molecule has 0 heterocycles. The van der Waals surface area contributed by atoms with Crippen molar-refractivity contribution in [2.24, 2.45) is 0 Å². The Morgan fingerprint density at radius 3 is 2.38 bits per heavy atom. The van der Waals surface area contributed by atoms with Crippen molar-refractivity contribution < 1.29 is 4.21 Å². The summed E-state index contributed by atoms with van der Waals surface area (Å²) >= 11 is 0. The maximum Gasteiger partial charge on any atom is 0.0436 e. The van der Waals surface area contributed by atoms with Crippen molar-refractivity contribution in [1.82, 2.24) is 5.32 Å². The van der Waals surface area contributed by atoms with E-state index in [9.17, 15) is 4.21 Å². The van der Waals surface area contributed by atoms with Crippen molar-refractivity contribution in [2.75, 3.05) is 12.3 Å². The fourth-order valence-corrected chi connectivity index (χ4v) is 2.59. The molecule has 0 radical (unpaired) electrons. The average molecular weight is 239 g/mol. The van der Waals surface area contributed by atoms with E-state index in [0.29, 0.717) is 5.75 Å². The highest BCUT2D eigenvalue weighted by Gasteiger charge is 2.15. The van der Waals surface area contributed by atoms with Gasteiger partial charge in [0, 0.05) is 27.8 Å². The summed E-state index contributed by atoms with van der Waals surface area (Å²) in [4.78, 5) is 0. The molecular weight excluding hydrogens is 218 g/mol. The monoisotopic (exact) mass is 239 g/mol. The first kappa shape index (κ1) is 13.4. The maximum absolute atomic E-state index is 11.9. The Labute approximate surface area is 101 Å². The van der Waals surface area contributed by atoms with Crippen molar-refractivity contribution in [3.05, 3.63) is 35.9 Å². The van der Waals surface area contributed by atoms with Crippen LogP contribution in [0.3, 0.4) is 0 Å². The Balaban J connectivity index is 2.72. The molecule has 0 fully saturated rings. The zero-order chi connectivity index (χ0) is 12.0. The normalized spacial score (nSPS) is 15.0. The van der Waals surface area contributed by atoms with Gasteiger partial charge < -0.3 is 5.32 Å². The Hall–Kier alpha value is -0.670. The van der Waals surface area contributed by atoms with Crippen LogP contribution in [0.15, 0.2) is 30.3 Å². The zero-order valence-corrected chi connectivity index (χ0v) is 11.1. The first-order valence-corrected chi connectivity index (χ1v) is 7.18. The SMILES string of the molecule is CCNC(CS(=O)C(C)C)c1ccccc1. The van der Waals surface area contributed by atoms with Crippen molar-refractivity contribution in [1.29, 1.82) is 0 Å². The van der Waals surface area contributed by atoms with Crippen molar-refractivity contribution in [3.63, 3.8) is 0 Å². The lowest BCUT2D eigenvalue weighted by Crippen LogP contribution is -2.28. The molecule has 2 nitrogen and oxygen atoms in total. The summed E-state index contributed by atoms with van der Waals surface area (Å²) in [6.07, 6.45) is 0. The number of nitrogens with one attached hydrogen (secondary N) is 1. The zero-order valence-electron chi connectivity index (χ0n) is 10.3. The summed E-state index contributed by atoms with van der Waals surface area (Å²) in [6, 6.07) is 10.4. The molecule has 0 saturated heterocycles. The maximum atomic E-state index is 11.9. The molecular formula is C13H21NOS. The first-order chi connectivity index (χ1) is 7.65. The molecule has 0 saturated carbocycles. The van der Waals surface area contributed by atoms with Crippen LogP contribution in [0.25, 0.3) is 0 Å². The van der Waals surface area contributed by atoms with E-state index < -0.39 is 10.8 Å². The smallest absolute Gasteiger partial charge is 0.0436 e.